The molecule has 0 fully saturated rings. The highest BCUT2D eigenvalue weighted by Crippen LogP contribution is 2.18. The largest absolute Gasteiger partial charge is 0.545 e. The van der Waals surface area contributed by atoms with Gasteiger partial charge in [0.1, 0.15) is 13.2 Å². The number of carbonyl (C=O) groups excluding carboxylic acids is 3. The number of rotatable bonds is 68. The zero-order chi connectivity index (χ0) is 64.7. The van der Waals surface area contributed by atoms with E-state index < -0.39 is 24.3 Å². The molecule has 0 saturated heterocycles. The molecule has 0 aliphatic heterocycles. The van der Waals surface area contributed by atoms with Crippen molar-refractivity contribution < 1.29 is 42.9 Å². The maximum Gasteiger partial charge on any atom is 0.306 e. The standard InChI is InChI=1S/C80H139NO8/c1-6-8-10-12-14-16-18-20-22-24-26-28-30-32-34-36-38-39-41-43-45-47-49-51-53-55-57-59-61-63-65-67-69-71-78(83)89-76(75-88-80(79(84)85)86-73-72-81(3,4)5)74-87-77(82)70-68-66-64-62-60-58-56-54-52-50-48-46-44-42-40-37-35-33-31-29-27-25-23-21-19-17-15-13-11-9-7-2/h8,10,14,16,20,22,25-28,32,34,38-39,43,45,49,51,76,80H,6-7,9,11-13,15,17-19,21,23-24,29-31,33,35-37,40-42,44,46-48,50,52-75H2,1-5H3/b10-8-,16-14-,22-20-,27-25-,28-26-,34-32-,39-38-,45-43-,51-49-. The summed E-state index contributed by atoms with van der Waals surface area (Å²) in [6.45, 7) is 4.65. The maximum absolute atomic E-state index is 12.9. The Morgan fingerprint density at radius 2 is 0.640 bits per heavy atom. The SMILES string of the molecule is CC/C=C\C/C=C\C/C=C\C/C=C\C/C=C\C/C=C\C/C=C\C/C=C\CCCCCCCCCCC(=O)OC(COC(=O)CCCCCCCCCCCCCCCCCCCCC/C=C\CCCCCCCCCC)COC(OCC[N+](C)(C)C)C(=O)[O-]. The molecule has 0 radical (unpaired) electrons. The van der Waals surface area contributed by atoms with Crippen molar-refractivity contribution in [1.29, 1.82) is 0 Å². The van der Waals surface area contributed by atoms with Crippen molar-refractivity contribution in [2.24, 2.45) is 0 Å². The Labute approximate surface area is 549 Å². The van der Waals surface area contributed by atoms with Crippen LogP contribution in [0.3, 0.4) is 0 Å². The lowest BCUT2D eigenvalue weighted by Crippen LogP contribution is -2.44. The summed E-state index contributed by atoms with van der Waals surface area (Å²) in [6, 6.07) is 0. The van der Waals surface area contributed by atoms with E-state index in [1.807, 2.05) is 21.1 Å². The molecule has 0 heterocycles. The van der Waals surface area contributed by atoms with Crippen LogP contribution in [0.4, 0.5) is 0 Å². The van der Waals surface area contributed by atoms with Gasteiger partial charge in [-0.15, -0.1) is 0 Å². The third-order valence-electron chi connectivity index (χ3n) is 16.0. The van der Waals surface area contributed by atoms with Crippen LogP contribution >= 0.6 is 0 Å². The predicted octanol–water partition coefficient (Wildman–Crippen LogP) is 22.0. The number of hydrogen-bond donors (Lipinski definition) is 0. The van der Waals surface area contributed by atoms with Gasteiger partial charge >= 0.3 is 11.9 Å². The lowest BCUT2D eigenvalue weighted by molar-refractivity contribution is -0.870. The van der Waals surface area contributed by atoms with Gasteiger partial charge in [-0.1, -0.05) is 316 Å². The Balaban J connectivity index is 4.12. The van der Waals surface area contributed by atoms with E-state index in [4.69, 9.17) is 18.9 Å². The summed E-state index contributed by atoms with van der Waals surface area (Å²) in [4.78, 5) is 37.5. The number of likely N-dealkylation sites (N-methyl/N-ethyl adjacent to an activating group) is 1. The third-order valence-corrected chi connectivity index (χ3v) is 16.0. The predicted molar refractivity (Wildman–Crippen MR) is 380 cm³/mol. The number of unbranched alkanes of at least 4 members (excludes halogenated alkanes) is 35. The summed E-state index contributed by atoms with van der Waals surface area (Å²) in [6.07, 6.45) is 94.7. The molecule has 2 unspecified atom stereocenters. The molecule has 0 rings (SSSR count). The van der Waals surface area contributed by atoms with Crippen molar-refractivity contribution in [3.05, 3.63) is 109 Å². The number of allylic oxidation sites excluding steroid dienone is 18. The van der Waals surface area contributed by atoms with Crippen LogP contribution in [0.15, 0.2) is 109 Å². The zero-order valence-electron chi connectivity index (χ0n) is 58.5. The fourth-order valence-corrected chi connectivity index (χ4v) is 10.4. The van der Waals surface area contributed by atoms with E-state index >= 15 is 0 Å². The normalized spacial score (nSPS) is 13.3. The fourth-order valence-electron chi connectivity index (χ4n) is 10.4. The van der Waals surface area contributed by atoms with Gasteiger partial charge in [0.2, 0.25) is 0 Å². The molecule has 2 atom stereocenters. The molecule has 0 saturated carbocycles. The van der Waals surface area contributed by atoms with Gasteiger partial charge in [0, 0.05) is 12.8 Å². The van der Waals surface area contributed by atoms with Crippen molar-refractivity contribution in [3.8, 4) is 0 Å². The van der Waals surface area contributed by atoms with Crippen molar-refractivity contribution >= 4 is 17.9 Å². The molecule has 0 amide bonds. The zero-order valence-corrected chi connectivity index (χ0v) is 58.5. The quantitative estimate of drug-likeness (QED) is 0.0195. The Morgan fingerprint density at radius 1 is 0.348 bits per heavy atom. The van der Waals surface area contributed by atoms with Crippen molar-refractivity contribution in [2.75, 3.05) is 47.5 Å². The van der Waals surface area contributed by atoms with Crippen LogP contribution in [-0.2, 0) is 33.3 Å². The van der Waals surface area contributed by atoms with Crippen molar-refractivity contribution in [3.63, 3.8) is 0 Å². The Morgan fingerprint density at radius 3 is 0.966 bits per heavy atom. The summed E-state index contributed by atoms with van der Waals surface area (Å²) < 4.78 is 22.8. The Kier molecular flexibility index (Phi) is 66.7. The van der Waals surface area contributed by atoms with Crippen LogP contribution in [0.25, 0.3) is 0 Å². The van der Waals surface area contributed by atoms with Crippen LogP contribution in [0.2, 0.25) is 0 Å². The van der Waals surface area contributed by atoms with E-state index in [0.29, 0.717) is 17.4 Å². The van der Waals surface area contributed by atoms with E-state index in [9.17, 15) is 19.5 Å². The first-order valence-electron chi connectivity index (χ1n) is 37.0. The summed E-state index contributed by atoms with van der Waals surface area (Å²) in [5, 5.41) is 11.8. The number of quaternary nitrogens is 1. The van der Waals surface area contributed by atoms with E-state index in [-0.39, 0.29) is 38.6 Å². The van der Waals surface area contributed by atoms with E-state index in [2.05, 4.69) is 123 Å². The van der Waals surface area contributed by atoms with Crippen molar-refractivity contribution in [1.82, 2.24) is 0 Å². The number of ether oxygens (including phenoxy) is 4. The molecule has 0 aromatic carbocycles. The average molecular weight is 1240 g/mol. The third kappa shape index (κ3) is 71.3. The number of esters is 2. The molecule has 0 aromatic heterocycles. The molecule has 0 aromatic rings. The molecular formula is C80H139NO8. The summed E-state index contributed by atoms with van der Waals surface area (Å²) >= 11 is 0. The molecular weight excluding hydrogens is 1100 g/mol. The minimum atomic E-state index is -1.63. The minimum Gasteiger partial charge on any atom is -0.545 e. The second-order valence-corrected chi connectivity index (χ2v) is 25.9. The van der Waals surface area contributed by atoms with Gasteiger partial charge in [-0.3, -0.25) is 9.59 Å². The number of carboxylic acids is 1. The lowest BCUT2D eigenvalue weighted by Gasteiger charge is -2.26. The molecule has 512 valence electrons. The molecule has 0 aliphatic rings. The average Bonchev–Trinajstić information content (AvgIpc) is 3.64. The van der Waals surface area contributed by atoms with Gasteiger partial charge in [-0.05, 0) is 103 Å². The molecule has 0 N–H and O–H groups in total. The van der Waals surface area contributed by atoms with Crippen LogP contribution in [0.5, 0.6) is 0 Å². The molecule has 9 nitrogen and oxygen atoms in total. The van der Waals surface area contributed by atoms with Crippen LogP contribution in [0, 0.1) is 0 Å². The maximum atomic E-state index is 12.9. The minimum absolute atomic E-state index is 0.142. The van der Waals surface area contributed by atoms with E-state index in [1.165, 1.54) is 193 Å². The fraction of sp³-hybridized carbons (Fsp3) is 0.738. The molecule has 0 aliphatic carbocycles. The first-order chi connectivity index (χ1) is 43.6. The van der Waals surface area contributed by atoms with Gasteiger partial charge in [0.15, 0.2) is 12.4 Å². The van der Waals surface area contributed by atoms with Crippen molar-refractivity contribution in [2.45, 2.75) is 334 Å². The van der Waals surface area contributed by atoms with Gasteiger partial charge in [0.05, 0.1) is 40.3 Å². The number of carboxylic acid groups (broad SMARTS) is 1. The first-order valence-corrected chi connectivity index (χ1v) is 37.0. The van der Waals surface area contributed by atoms with E-state index in [1.54, 1.807) is 0 Å². The highest BCUT2D eigenvalue weighted by Gasteiger charge is 2.22. The van der Waals surface area contributed by atoms with Crippen LogP contribution < -0.4 is 5.11 Å². The summed E-state index contributed by atoms with van der Waals surface area (Å²) in [5.41, 5.74) is 0. The number of nitrogens with zero attached hydrogens (tertiary/aromatic N) is 1. The van der Waals surface area contributed by atoms with E-state index in [0.717, 1.165) is 96.3 Å². The molecule has 0 bridgehead atoms. The van der Waals surface area contributed by atoms with Crippen LogP contribution in [-0.4, -0.2) is 82.3 Å². The smallest absolute Gasteiger partial charge is 0.306 e. The molecule has 9 heteroatoms. The Bertz CT molecular complexity index is 1830. The molecule has 89 heavy (non-hydrogen) atoms. The number of carbonyl (C=O) groups is 3. The monoisotopic (exact) mass is 1240 g/mol. The number of aliphatic carboxylic acids is 1. The van der Waals surface area contributed by atoms with Gasteiger partial charge in [-0.2, -0.15) is 0 Å². The lowest BCUT2D eigenvalue weighted by atomic mass is 10.0. The van der Waals surface area contributed by atoms with Gasteiger partial charge in [-0.25, -0.2) is 0 Å². The summed E-state index contributed by atoms with van der Waals surface area (Å²) in [7, 11) is 5.93. The van der Waals surface area contributed by atoms with Gasteiger partial charge in [0.25, 0.3) is 0 Å². The second-order valence-electron chi connectivity index (χ2n) is 25.9. The number of hydrogen-bond acceptors (Lipinski definition) is 8. The topological polar surface area (TPSA) is 111 Å². The second kappa shape index (κ2) is 69.8. The van der Waals surface area contributed by atoms with Crippen LogP contribution in [0.1, 0.15) is 322 Å². The molecule has 0 spiro atoms. The summed E-state index contributed by atoms with van der Waals surface area (Å²) in [5.74, 6) is -2.29. The van der Waals surface area contributed by atoms with Gasteiger partial charge < -0.3 is 33.3 Å². The highest BCUT2D eigenvalue weighted by molar-refractivity contribution is 5.70. The Hall–Kier alpha value is -4.05. The first kappa shape index (κ1) is 85.0. The highest BCUT2D eigenvalue weighted by atomic mass is 16.7.